The lowest BCUT2D eigenvalue weighted by molar-refractivity contribution is -0.121. The van der Waals surface area contributed by atoms with Crippen LogP contribution in [0.3, 0.4) is 0 Å². The lowest BCUT2D eigenvalue weighted by atomic mass is 9.90. The van der Waals surface area contributed by atoms with Crippen molar-refractivity contribution >= 4 is 11.8 Å². The normalized spacial score (nSPS) is 14.3. The molecule has 1 saturated heterocycles. The van der Waals surface area contributed by atoms with Gasteiger partial charge in [-0.1, -0.05) is 78.0 Å². The highest BCUT2D eigenvalue weighted by Crippen LogP contribution is 2.28. The molecule has 0 spiro atoms. The number of carbonyl (C=O) groups is 2. The predicted molar refractivity (Wildman–Crippen MR) is 156 cm³/mol. The molecule has 0 bridgehead atoms. The van der Waals surface area contributed by atoms with E-state index in [1.165, 1.54) is 0 Å². The SMILES string of the molecule is Cc1noc(C)c1-c1cccc(C(=O)NC2CCN(CCNC(=O)C(c3ccccc3)c3ccccc3)CC2)c1. The Bertz CT molecular complexity index is 1370. The molecule has 1 fully saturated rings. The molecule has 2 amide bonds. The summed E-state index contributed by atoms with van der Waals surface area (Å²) in [6.45, 7) is 6.90. The van der Waals surface area contributed by atoms with Crippen molar-refractivity contribution in [1.82, 2.24) is 20.7 Å². The van der Waals surface area contributed by atoms with Crippen molar-refractivity contribution in [3.05, 3.63) is 113 Å². The van der Waals surface area contributed by atoms with E-state index in [2.05, 4.69) is 20.7 Å². The molecule has 1 aliphatic rings. The molecule has 3 aromatic carbocycles. The summed E-state index contributed by atoms with van der Waals surface area (Å²) in [5.41, 5.74) is 5.29. The maximum atomic E-state index is 13.2. The average Bonchev–Trinajstić information content (AvgIpc) is 3.32. The van der Waals surface area contributed by atoms with Crippen molar-refractivity contribution in [2.45, 2.75) is 38.6 Å². The van der Waals surface area contributed by atoms with Crippen LogP contribution >= 0.6 is 0 Å². The Morgan fingerprint density at radius 1 is 0.925 bits per heavy atom. The van der Waals surface area contributed by atoms with Crippen LogP contribution in [0.4, 0.5) is 0 Å². The number of carbonyl (C=O) groups excluding carboxylic acids is 2. The van der Waals surface area contributed by atoms with Gasteiger partial charge in [-0.15, -0.1) is 0 Å². The molecule has 40 heavy (non-hydrogen) atoms. The molecule has 0 atom stereocenters. The zero-order valence-electron chi connectivity index (χ0n) is 23.1. The van der Waals surface area contributed by atoms with Gasteiger partial charge in [0.1, 0.15) is 5.76 Å². The Labute approximate surface area is 235 Å². The quantitative estimate of drug-likeness (QED) is 0.311. The fourth-order valence-electron chi connectivity index (χ4n) is 5.51. The number of hydrogen-bond acceptors (Lipinski definition) is 5. The van der Waals surface area contributed by atoms with Gasteiger partial charge in [-0.25, -0.2) is 0 Å². The third-order valence-corrected chi connectivity index (χ3v) is 7.62. The zero-order valence-corrected chi connectivity index (χ0v) is 23.1. The first-order chi connectivity index (χ1) is 19.5. The molecular formula is C33H36N4O3. The van der Waals surface area contributed by atoms with E-state index in [1.807, 2.05) is 98.8 Å². The Kier molecular flexibility index (Phi) is 8.71. The van der Waals surface area contributed by atoms with Gasteiger partial charge in [0, 0.05) is 43.3 Å². The van der Waals surface area contributed by atoms with Crippen LogP contribution < -0.4 is 10.6 Å². The number of aryl methyl sites for hydroxylation is 2. The number of likely N-dealkylation sites (tertiary alicyclic amines) is 1. The summed E-state index contributed by atoms with van der Waals surface area (Å²) in [6, 6.07) is 27.6. The summed E-state index contributed by atoms with van der Waals surface area (Å²) in [4.78, 5) is 28.6. The molecule has 5 rings (SSSR count). The minimum absolute atomic E-state index is 0.0124. The molecule has 206 valence electrons. The highest BCUT2D eigenvalue weighted by atomic mass is 16.5. The summed E-state index contributed by atoms with van der Waals surface area (Å²) in [5, 5.41) is 10.4. The largest absolute Gasteiger partial charge is 0.361 e. The molecule has 1 aromatic heterocycles. The lowest BCUT2D eigenvalue weighted by Gasteiger charge is -2.32. The molecule has 0 saturated carbocycles. The average molecular weight is 537 g/mol. The van der Waals surface area contributed by atoms with Crippen molar-refractivity contribution < 1.29 is 14.1 Å². The summed E-state index contributed by atoms with van der Waals surface area (Å²) in [6.07, 6.45) is 1.75. The fourth-order valence-corrected chi connectivity index (χ4v) is 5.51. The second-order valence-corrected chi connectivity index (χ2v) is 10.4. The van der Waals surface area contributed by atoms with Crippen LogP contribution in [0.1, 0.15) is 51.7 Å². The van der Waals surface area contributed by atoms with E-state index in [-0.39, 0.29) is 23.8 Å². The molecule has 7 nitrogen and oxygen atoms in total. The summed E-state index contributed by atoms with van der Waals surface area (Å²) in [7, 11) is 0. The first-order valence-corrected chi connectivity index (χ1v) is 13.9. The van der Waals surface area contributed by atoms with Crippen LogP contribution in [-0.2, 0) is 4.79 Å². The van der Waals surface area contributed by atoms with E-state index in [0.29, 0.717) is 12.1 Å². The molecule has 7 heteroatoms. The van der Waals surface area contributed by atoms with E-state index in [4.69, 9.17) is 4.52 Å². The summed E-state index contributed by atoms with van der Waals surface area (Å²) >= 11 is 0. The Morgan fingerprint density at radius 3 is 2.17 bits per heavy atom. The van der Waals surface area contributed by atoms with Crippen LogP contribution in [0.5, 0.6) is 0 Å². The van der Waals surface area contributed by atoms with Crippen molar-refractivity contribution in [2.75, 3.05) is 26.2 Å². The van der Waals surface area contributed by atoms with Crippen molar-refractivity contribution in [2.24, 2.45) is 0 Å². The molecule has 1 aliphatic heterocycles. The molecule has 0 radical (unpaired) electrons. The summed E-state index contributed by atoms with van der Waals surface area (Å²) < 4.78 is 5.30. The van der Waals surface area contributed by atoms with Crippen LogP contribution in [-0.4, -0.2) is 54.1 Å². The molecule has 2 N–H and O–H groups in total. The standard InChI is InChI=1S/C33H36N4O3/c1-23-30(24(2)40-36-23)27-14-9-15-28(22-27)32(38)35-29-16-19-37(20-17-29)21-18-34-33(39)31(25-10-5-3-6-11-25)26-12-7-4-8-13-26/h3-15,22,29,31H,16-21H2,1-2H3,(H,34,39)(H,35,38). The number of aromatic nitrogens is 1. The number of hydrogen-bond donors (Lipinski definition) is 2. The van der Waals surface area contributed by atoms with Gasteiger partial charge in [-0.3, -0.25) is 9.59 Å². The monoisotopic (exact) mass is 536 g/mol. The van der Waals surface area contributed by atoms with Crippen molar-refractivity contribution in [3.63, 3.8) is 0 Å². The third-order valence-electron chi connectivity index (χ3n) is 7.62. The first-order valence-electron chi connectivity index (χ1n) is 13.9. The zero-order chi connectivity index (χ0) is 27.9. The van der Waals surface area contributed by atoms with Crippen molar-refractivity contribution in [3.8, 4) is 11.1 Å². The number of benzene rings is 3. The maximum Gasteiger partial charge on any atom is 0.251 e. The number of nitrogens with zero attached hydrogens (tertiary/aromatic N) is 2. The summed E-state index contributed by atoms with van der Waals surface area (Å²) in [5.74, 6) is 0.360. The van der Waals surface area contributed by atoms with Crippen LogP contribution in [0.2, 0.25) is 0 Å². The molecule has 0 unspecified atom stereocenters. The second kappa shape index (κ2) is 12.7. The van der Waals surface area contributed by atoms with E-state index < -0.39 is 0 Å². The van der Waals surface area contributed by atoms with Gasteiger partial charge < -0.3 is 20.1 Å². The van der Waals surface area contributed by atoms with Crippen LogP contribution in [0, 0.1) is 13.8 Å². The van der Waals surface area contributed by atoms with Gasteiger partial charge in [-0.2, -0.15) is 0 Å². The Morgan fingerprint density at radius 2 is 1.57 bits per heavy atom. The van der Waals surface area contributed by atoms with Gasteiger partial charge in [-0.05, 0) is 55.5 Å². The van der Waals surface area contributed by atoms with Gasteiger partial charge in [0.25, 0.3) is 5.91 Å². The topological polar surface area (TPSA) is 87.5 Å². The lowest BCUT2D eigenvalue weighted by Crippen LogP contribution is -2.46. The maximum absolute atomic E-state index is 13.2. The third kappa shape index (κ3) is 6.49. The fraction of sp³-hybridized carbons (Fsp3) is 0.303. The number of rotatable bonds is 9. The van der Waals surface area contributed by atoms with E-state index in [1.54, 1.807) is 0 Å². The highest BCUT2D eigenvalue weighted by Gasteiger charge is 2.24. The van der Waals surface area contributed by atoms with E-state index in [9.17, 15) is 9.59 Å². The van der Waals surface area contributed by atoms with E-state index >= 15 is 0 Å². The molecule has 4 aromatic rings. The molecule has 0 aliphatic carbocycles. The van der Waals surface area contributed by atoms with Gasteiger partial charge >= 0.3 is 0 Å². The van der Waals surface area contributed by atoms with Crippen LogP contribution in [0.25, 0.3) is 11.1 Å². The Balaban J connectivity index is 1.10. The minimum Gasteiger partial charge on any atom is -0.361 e. The van der Waals surface area contributed by atoms with Crippen LogP contribution in [0.15, 0.2) is 89.5 Å². The smallest absolute Gasteiger partial charge is 0.251 e. The minimum atomic E-state index is -0.334. The number of piperidine rings is 1. The number of nitrogens with one attached hydrogen (secondary N) is 2. The number of amides is 2. The molecular weight excluding hydrogens is 500 g/mol. The van der Waals surface area contributed by atoms with Gasteiger partial charge in [0.05, 0.1) is 11.6 Å². The molecule has 2 heterocycles. The highest BCUT2D eigenvalue weighted by molar-refractivity contribution is 5.95. The first kappa shape index (κ1) is 27.3. The van der Waals surface area contributed by atoms with Crippen molar-refractivity contribution in [1.29, 1.82) is 0 Å². The predicted octanol–water partition coefficient (Wildman–Crippen LogP) is 5.10. The Hall–Kier alpha value is -4.23. The van der Waals surface area contributed by atoms with E-state index in [0.717, 1.165) is 66.2 Å². The van der Waals surface area contributed by atoms with Gasteiger partial charge in [0.15, 0.2) is 0 Å². The van der Waals surface area contributed by atoms with Gasteiger partial charge in [0.2, 0.25) is 5.91 Å². The second-order valence-electron chi connectivity index (χ2n) is 10.4.